The summed E-state index contributed by atoms with van der Waals surface area (Å²) in [5, 5.41) is 3.24. The molecule has 1 aromatic carbocycles. The Morgan fingerprint density at radius 2 is 2.00 bits per heavy atom. The molecule has 0 bridgehead atoms. The van der Waals surface area contributed by atoms with Crippen molar-refractivity contribution in [3.8, 4) is 11.4 Å². The molecule has 3 rings (SSSR count). The molecule has 0 unspecified atom stereocenters. The lowest BCUT2D eigenvalue weighted by molar-refractivity contribution is 0.758. The van der Waals surface area contributed by atoms with Gasteiger partial charge in [0.15, 0.2) is 5.82 Å². The normalized spacial score (nSPS) is 13.7. The molecule has 0 saturated carbocycles. The minimum Gasteiger partial charge on any atom is -0.383 e. The summed E-state index contributed by atoms with van der Waals surface area (Å²) in [6, 6.07) is 8.09. The summed E-state index contributed by atoms with van der Waals surface area (Å²) in [6.07, 6.45) is 0. The number of aryl methyl sites for hydroxylation is 1. The van der Waals surface area contributed by atoms with Gasteiger partial charge in [-0.15, -0.1) is 0 Å². The van der Waals surface area contributed by atoms with Gasteiger partial charge in [-0.25, -0.2) is 9.97 Å². The molecular weight excluding hydrogens is 212 g/mol. The zero-order chi connectivity index (χ0) is 11.8. The highest BCUT2D eigenvalue weighted by molar-refractivity contribution is 5.62. The average Bonchev–Trinajstić information content (AvgIpc) is 2.78. The van der Waals surface area contributed by atoms with Crippen LogP contribution >= 0.6 is 0 Å². The number of anilines is 1. The van der Waals surface area contributed by atoms with Gasteiger partial charge >= 0.3 is 0 Å². The maximum atomic E-state index is 5.97. The molecule has 2 aromatic rings. The van der Waals surface area contributed by atoms with E-state index >= 15 is 0 Å². The molecular formula is C13H14N4. The van der Waals surface area contributed by atoms with Crippen LogP contribution in [0.2, 0.25) is 0 Å². The molecule has 0 amide bonds. The number of nitrogen functional groups attached to an aromatic ring is 1. The zero-order valence-electron chi connectivity index (χ0n) is 9.70. The number of rotatable bonds is 1. The maximum absolute atomic E-state index is 5.97. The molecule has 0 fully saturated rings. The van der Waals surface area contributed by atoms with Gasteiger partial charge in [0.25, 0.3) is 0 Å². The Hall–Kier alpha value is -1.94. The van der Waals surface area contributed by atoms with Crippen molar-refractivity contribution in [1.82, 2.24) is 15.3 Å². The molecule has 0 saturated heterocycles. The van der Waals surface area contributed by atoms with Crippen molar-refractivity contribution in [3.05, 3.63) is 41.1 Å². The summed E-state index contributed by atoms with van der Waals surface area (Å²) >= 11 is 0. The molecule has 1 aliphatic heterocycles. The van der Waals surface area contributed by atoms with Gasteiger partial charge in [0.2, 0.25) is 0 Å². The summed E-state index contributed by atoms with van der Waals surface area (Å²) in [6.45, 7) is 3.61. The predicted molar refractivity (Wildman–Crippen MR) is 67.2 cm³/mol. The molecule has 0 atom stereocenters. The fraction of sp³-hybridized carbons (Fsp3) is 0.231. The molecule has 3 N–H and O–H groups in total. The standard InChI is InChI=1S/C13H14N4/c1-8-4-2-3-5-9(8)13-16-11-7-15-6-10(11)12(14)17-13/h2-5,15H,6-7H2,1H3,(H2,14,16,17). The van der Waals surface area contributed by atoms with Crippen LogP contribution in [0.3, 0.4) is 0 Å². The smallest absolute Gasteiger partial charge is 0.162 e. The van der Waals surface area contributed by atoms with Gasteiger partial charge in [0, 0.05) is 24.2 Å². The van der Waals surface area contributed by atoms with Crippen LogP contribution in [0, 0.1) is 6.92 Å². The third-order valence-corrected chi connectivity index (χ3v) is 3.10. The quantitative estimate of drug-likeness (QED) is 0.776. The second kappa shape index (κ2) is 3.82. The van der Waals surface area contributed by atoms with E-state index in [0.29, 0.717) is 5.82 Å². The van der Waals surface area contributed by atoms with Crippen LogP contribution in [0.15, 0.2) is 24.3 Å². The minimum absolute atomic E-state index is 0.596. The lowest BCUT2D eigenvalue weighted by atomic mass is 10.1. The van der Waals surface area contributed by atoms with Gasteiger partial charge in [-0.05, 0) is 12.5 Å². The van der Waals surface area contributed by atoms with Crippen LogP contribution in [0.5, 0.6) is 0 Å². The largest absolute Gasteiger partial charge is 0.383 e. The van der Waals surface area contributed by atoms with E-state index in [1.54, 1.807) is 0 Å². The Morgan fingerprint density at radius 3 is 2.82 bits per heavy atom. The van der Waals surface area contributed by atoms with Crippen LogP contribution in [0.1, 0.15) is 16.8 Å². The molecule has 86 valence electrons. The Morgan fingerprint density at radius 1 is 1.18 bits per heavy atom. The van der Waals surface area contributed by atoms with E-state index in [2.05, 4.69) is 28.3 Å². The molecule has 1 aromatic heterocycles. The van der Waals surface area contributed by atoms with E-state index in [0.717, 1.165) is 41.3 Å². The van der Waals surface area contributed by atoms with E-state index in [1.807, 2.05) is 18.2 Å². The zero-order valence-corrected chi connectivity index (χ0v) is 9.70. The second-order valence-electron chi connectivity index (χ2n) is 4.28. The molecule has 1 aliphatic rings. The first-order chi connectivity index (χ1) is 8.25. The van der Waals surface area contributed by atoms with Crippen molar-refractivity contribution in [2.45, 2.75) is 20.0 Å². The van der Waals surface area contributed by atoms with Crippen LogP contribution < -0.4 is 11.1 Å². The monoisotopic (exact) mass is 226 g/mol. The number of hydrogen-bond acceptors (Lipinski definition) is 4. The Kier molecular flexibility index (Phi) is 2.30. The Bertz CT molecular complexity index is 578. The van der Waals surface area contributed by atoms with Gasteiger partial charge in [-0.2, -0.15) is 0 Å². The van der Waals surface area contributed by atoms with E-state index < -0.39 is 0 Å². The van der Waals surface area contributed by atoms with Gasteiger partial charge in [0.05, 0.1) is 5.69 Å². The molecule has 2 heterocycles. The Labute approximate surface area is 99.9 Å². The maximum Gasteiger partial charge on any atom is 0.162 e. The number of benzene rings is 1. The van der Waals surface area contributed by atoms with Gasteiger partial charge in [0.1, 0.15) is 5.82 Å². The van der Waals surface area contributed by atoms with Crippen molar-refractivity contribution in [2.24, 2.45) is 0 Å². The number of nitrogens with two attached hydrogens (primary N) is 1. The highest BCUT2D eigenvalue weighted by atomic mass is 15.0. The van der Waals surface area contributed by atoms with Crippen LogP contribution in [-0.2, 0) is 13.1 Å². The first kappa shape index (κ1) is 10.2. The summed E-state index contributed by atoms with van der Waals surface area (Å²) < 4.78 is 0. The number of aromatic nitrogens is 2. The number of nitrogens with one attached hydrogen (secondary N) is 1. The van der Waals surface area contributed by atoms with E-state index in [4.69, 9.17) is 5.73 Å². The average molecular weight is 226 g/mol. The highest BCUT2D eigenvalue weighted by Crippen LogP contribution is 2.25. The van der Waals surface area contributed by atoms with E-state index in [1.165, 1.54) is 0 Å². The van der Waals surface area contributed by atoms with Crippen molar-refractivity contribution in [3.63, 3.8) is 0 Å². The minimum atomic E-state index is 0.596. The summed E-state index contributed by atoms with van der Waals surface area (Å²) in [4.78, 5) is 8.99. The molecule has 0 radical (unpaired) electrons. The highest BCUT2D eigenvalue weighted by Gasteiger charge is 2.18. The van der Waals surface area contributed by atoms with Crippen LogP contribution in [-0.4, -0.2) is 9.97 Å². The Balaban J connectivity index is 2.17. The summed E-state index contributed by atoms with van der Waals surface area (Å²) in [5.41, 5.74) is 10.3. The fourth-order valence-corrected chi connectivity index (χ4v) is 2.14. The molecule has 0 aliphatic carbocycles. The van der Waals surface area contributed by atoms with Crippen molar-refractivity contribution in [1.29, 1.82) is 0 Å². The molecule has 4 nitrogen and oxygen atoms in total. The summed E-state index contributed by atoms with van der Waals surface area (Å²) in [5.74, 6) is 1.32. The topological polar surface area (TPSA) is 63.8 Å². The fourth-order valence-electron chi connectivity index (χ4n) is 2.14. The number of fused-ring (bicyclic) bond motifs is 1. The number of nitrogens with zero attached hydrogens (tertiary/aromatic N) is 2. The van der Waals surface area contributed by atoms with E-state index in [9.17, 15) is 0 Å². The van der Waals surface area contributed by atoms with Gasteiger partial charge in [-0.3, -0.25) is 0 Å². The van der Waals surface area contributed by atoms with Crippen molar-refractivity contribution >= 4 is 5.82 Å². The third kappa shape index (κ3) is 1.66. The first-order valence-corrected chi connectivity index (χ1v) is 5.67. The number of hydrogen-bond donors (Lipinski definition) is 2. The summed E-state index contributed by atoms with van der Waals surface area (Å²) in [7, 11) is 0. The molecule has 0 spiro atoms. The first-order valence-electron chi connectivity index (χ1n) is 5.67. The van der Waals surface area contributed by atoms with Crippen molar-refractivity contribution in [2.75, 3.05) is 5.73 Å². The molecule has 17 heavy (non-hydrogen) atoms. The van der Waals surface area contributed by atoms with Gasteiger partial charge in [-0.1, -0.05) is 24.3 Å². The second-order valence-corrected chi connectivity index (χ2v) is 4.28. The van der Waals surface area contributed by atoms with E-state index in [-0.39, 0.29) is 0 Å². The SMILES string of the molecule is Cc1ccccc1-c1nc(N)c2c(n1)CNC2. The van der Waals surface area contributed by atoms with Crippen molar-refractivity contribution < 1.29 is 0 Å². The lowest BCUT2D eigenvalue weighted by Gasteiger charge is -2.08. The lowest BCUT2D eigenvalue weighted by Crippen LogP contribution is -2.03. The van der Waals surface area contributed by atoms with Gasteiger partial charge < -0.3 is 11.1 Å². The molecule has 4 heteroatoms. The van der Waals surface area contributed by atoms with Crippen LogP contribution in [0.25, 0.3) is 11.4 Å². The predicted octanol–water partition coefficient (Wildman–Crippen LogP) is 1.64. The third-order valence-electron chi connectivity index (χ3n) is 3.10. The van der Waals surface area contributed by atoms with Crippen LogP contribution in [0.4, 0.5) is 5.82 Å².